The molecular formula is C15H20N6O3. The van der Waals surface area contributed by atoms with E-state index < -0.39 is 0 Å². The largest absolute Gasteiger partial charge is 0.478 e. The molecule has 1 fully saturated rings. The van der Waals surface area contributed by atoms with E-state index in [1.165, 1.54) is 6.26 Å². The van der Waals surface area contributed by atoms with E-state index >= 15 is 0 Å². The molecule has 9 heteroatoms. The van der Waals surface area contributed by atoms with Crippen LogP contribution in [-0.4, -0.2) is 58.8 Å². The highest BCUT2D eigenvalue weighted by atomic mass is 16.5. The number of urea groups is 1. The summed E-state index contributed by atoms with van der Waals surface area (Å²) in [6.07, 6.45) is 3.93. The first-order chi connectivity index (χ1) is 11.8. The molecule has 0 spiro atoms. The van der Waals surface area contributed by atoms with Crippen LogP contribution in [0.1, 0.15) is 13.3 Å². The van der Waals surface area contributed by atoms with Crippen molar-refractivity contribution in [3.05, 3.63) is 24.6 Å². The van der Waals surface area contributed by atoms with Crippen LogP contribution in [0.5, 0.6) is 5.88 Å². The smallest absolute Gasteiger partial charge is 0.323 e. The number of aromatic nitrogens is 3. The topological polar surface area (TPSA) is 96.6 Å². The number of hydrogen-bond donors (Lipinski definition) is 1. The zero-order valence-corrected chi connectivity index (χ0v) is 13.5. The van der Waals surface area contributed by atoms with E-state index in [0.717, 1.165) is 13.0 Å². The molecule has 24 heavy (non-hydrogen) atoms. The van der Waals surface area contributed by atoms with Crippen LogP contribution in [0.15, 0.2) is 29.1 Å². The van der Waals surface area contributed by atoms with Gasteiger partial charge in [-0.2, -0.15) is 4.98 Å². The summed E-state index contributed by atoms with van der Waals surface area (Å²) in [6.45, 7) is 5.15. The van der Waals surface area contributed by atoms with Crippen molar-refractivity contribution in [2.75, 3.05) is 43.0 Å². The number of rotatable bonds is 4. The highest BCUT2D eigenvalue weighted by Crippen LogP contribution is 2.15. The Morgan fingerprint density at radius 3 is 3.04 bits per heavy atom. The summed E-state index contributed by atoms with van der Waals surface area (Å²) < 4.78 is 10.1. The Bertz CT molecular complexity index is 663. The molecule has 2 aromatic rings. The van der Waals surface area contributed by atoms with Crippen molar-refractivity contribution in [3.8, 4) is 5.88 Å². The second kappa shape index (κ2) is 7.62. The molecule has 3 rings (SSSR count). The molecule has 9 nitrogen and oxygen atoms in total. The maximum absolute atomic E-state index is 12.3. The van der Waals surface area contributed by atoms with Gasteiger partial charge in [-0.05, 0) is 13.3 Å². The molecule has 0 atom stereocenters. The normalized spacial score (nSPS) is 15.0. The predicted molar refractivity (Wildman–Crippen MR) is 87.1 cm³/mol. The number of carbonyl (C=O) groups is 1. The van der Waals surface area contributed by atoms with Gasteiger partial charge < -0.3 is 19.1 Å². The van der Waals surface area contributed by atoms with Gasteiger partial charge in [0.15, 0.2) is 5.82 Å². The van der Waals surface area contributed by atoms with E-state index in [1.807, 2.05) is 6.92 Å². The quantitative estimate of drug-likeness (QED) is 0.908. The molecule has 1 saturated heterocycles. The number of nitrogens with one attached hydrogen (secondary N) is 1. The first-order valence-corrected chi connectivity index (χ1v) is 7.93. The lowest BCUT2D eigenvalue weighted by atomic mass is 10.4. The molecule has 1 aliphatic rings. The van der Waals surface area contributed by atoms with Gasteiger partial charge in [0.1, 0.15) is 6.26 Å². The predicted octanol–water partition coefficient (Wildman–Crippen LogP) is 1.61. The second-order valence-electron chi connectivity index (χ2n) is 5.27. The van der Waals surface area contributed by atoms with Gasteiger partial charge in [-0.1, -0.05) is 5.16 Å². The summed E-state index contributed by atoms with van der Waals surface area (Å²) >= 11 is 0. The summed E-state index contributed by atoms with van der Waals surface area (Å²) in [5, 5.41) is 6.40. The SMILES string of the molecule is CCOc1ccnc(N2CCCN(C(=O)Nc3ccon3)CC2)n1. The first kappa shape index (κ1) is 16.0. The highest BCUT2D eigenvalue weighted by Gasteiger charge is 2.21. The summed E-state index contributed by atoms with van der Waals surface area (Å²) in [5.41, 5.74) is 0. The fourth-order valence-corrected chi connectivity index (χ4v) is 2.50. The molecule has 2 amide bonds. The van der Waals surface area contributed by atoms with E-state index in [0.29, 0.717) is 43.9 Å². The first-order valence-electron chi connectivity index (χ1n) is 7.93. The molecule has 128 valence electrons. The van der Waals surface area contributed by atoms with Crippen molar-refractivity contribution in [1.82, 2.24) is 20.0 Å². The lowest BCUT2D eigenvalue weighted by Gasteiger charge is -2.22. The number of ether oxygens (including phenoxy) is 1. The van der Waals surface area contributed by atoms with Crippen LogP contribution in [0.4, 0.5) is 16.6 Å². The maximum atomic E-state index is 12.3. The minimum Gasteiger partial charge on any atom is -0.478 e. The van der Waals surface area contributed by atoms with Gasteiger partial charge in [0.25, 0.3) is 0 Å². The summed E-state index contributed by atoms with van der Waals surface area (Å²) in [5.74, 6) is 1.60. The Morgan fingerprint density at radius 2 is 2.25 bits per heavy atom. The average molecular weight is 332 g/mol. The number of hydrogen-bond acceptors (Lipinski definition) is 7. The molecule has 0 aliphatic carbocycles. The van der Waals surface area contributed by atoms with Crippen LogP contribution in [-0.2, 0) is 0 Å². The molecule has 3 heterocycles. The molecule has 2 aromatic heterocycles. The molecule has 0 saturated carbocycles. The zero-order valence-electron chi connectivity index (χ0n) is 13.5. The Morgan fingerprint density at radius 1 is 1.33 bits per heavy atom. The van der Waals surface area contributed by atoms with E-state index in [1.54, 1.807) is 23.2 Å². The van der Waals surface area contributed by atoms with Gasteiger partial charge in [0.05, 0.1) is 6.61 Å². The second-order valence-corrected chi connectivity index (χ2v) is 5.27. The lowest BCUT2D eigenvalue weighted by molar-refractivity contribution is 0.215. The monoisotopic (exact) mass is 332 g/mol. The third-order valence-electron chi connectivity index (χ3n) is 3.65. The van der Waals surface area contributed by atoms with E-state index in [-0.39, 0.29) is 6.03 Å². The Balaban J connectivity index is 1.60. The molecular weight excluding hydrogens is 312 g/mol. The average Bonchev–Trinajstić information content (AvgIpc) is 2.96. The van der Waals surface area contributed by atoms with Crippen LogP contribution in [0.25, 0.3) is 0 Å². The Kier molecular flexibility index (Phi) is 5.09. The number of amides is 2. The Labute approximate surface area is 139 Å². The molecule has 0 aromatic carbocycles. The van der Waals surface area contributed by atoms with Gasteiger partial charge in [0.2, 0.25) is 11.8 Å². The third kappa shape index (κ3) is 3.92. The summed E-state index contributed by atoms with van der Waals surface area (Å²) in [7, 11) is 0. The minimum absolute atomic E-state index is 0.185. The van der Waals surface area contributed by atoms with Gasteiger partial charge in [-0.15, -0.1) is 0 Å². The van der Waals surface area contributed by atoms with Crippen molar-refractivity contribution < 1.29 is 14.1 Å². The van der Waals surface area contributed by atoms with Crippen LogP contribution < -0.4 is 15.0 Å². The molecule has 1 aliphatic heterocycles. The maximum Gasteiger partial charge on any atom is 0.323 e. The molecule has 0 unspecified atom stereocenters. The fourth-order valence-electron chi connectivity index (χ4n) is 2.50. The van der Waals surface area contributed by atoms with Crippen LogP contribution in [0.3, 0.4) is 0 Å². The molecule has 1 N–H and O–H groups in total. The Hall–Kier alpha value is -2.84. The van der Waals surface area contributed by atoms with Crippen molar-refractivity contribution in [2.45, 2.75) is 13.3 Å². The fraction of sp³-hybridized carbons (Fsp3) is 0.467. The van der Waals surface area contributed by atoms with Crippen LogP contribution >= 0.6 is 0 Å². The van der Waals surface area contributed by atoms with Gasteiger partial charge in [-0.25, -0.2) is 9.78 Å². The van der Waals surface area contributed by atoms with Crippen molar-refractivity contribution >= 4 is 17.8 Å². The van der Waals surface area contributed by atoms with Crippen LogP contribution in [0, 0.1) is 0 Å². The summed E-state index contributed by atoms with van der Waals surface area (Å²) in [6, 6.07) is 3.16. The zero-order chi connectivity index (χ0) is 16.8. The minimum atomic E-state index is -0.185. The lowest BCUT2D eigenvalue weighted by Crippen LogP contribution is -2.38. The van der Waals surface area contributed by atoms with Gasteiger partial charge >= 0.3 is 6.03 Å². The number of anilines is 2. The standard InChI is InChI=1S/C15H20N6O3/c1-2-23-13-4-6-16-14(18-13)20-7-3-8-21(10-9-20)15(22)17-12-5-11-24-19-12/h4-6,11H,2-3,7-10H2,1H3,(H,17,19,22). The number of carbonyl (C=O) groups excluding carboxylic acids is 1. The van der Waals surface area contributed by atoms with Crippen molar-refractivity contribution in [3.63, 3.8) is 0 Å². The van der Waals surface area contributed by atoms with E-state index in [4.69, 9.17) is 9.26 Å². The molecule has 0 bridgehead atoms. The highest BCUT2D eigenvalue weighted by molar-refractivity contribution is 5.88. The molecule has 0 radical (unpaired) electrons. The van der Waals surface area contributed by atoms with Crippen molar-refractivity contribution in [2.24, 2.45) is 0 Å². The van der Waals surface area contributed by atoms with E-state index in [2.05, 4.69) is 25.3 Å². The van der Waals surface area contributed by atoms with Gasteiger partial charge in [0, 0.05) is 44.5 Å². The van der Waals surface area contributed by atoms with Crippen molar-refractivity contribution in [1.29, 1.82) is 0 Å². The third-order valence-corrected chi connectivity index (χ3v) is 3.65. The van der Waals surface area contributed by atoms with Crippen LogP contribution in [0.2, 0.25) is 0 Å². The van der Waals surface area contributed by atoms with Gasteiger partial charge in [-0.3, -0.25) is 5.32 Å². The number of nitrogens with zero attached hydrogens (tertiary/aromatic N) is 5. The summed E-state index contributed by atoms with van der Waals surface area (Å²) in [4.78, 5) is 24.8. The van der Waals surface area contributed by atoms with E-state index in [9.17, 15) is 4.79 Å².